The maximum Gasteiger partial charge on any atom is 0.338 e. The number of halogens is 3. The second kappa shape index (κ2) is 12.0. The third kappa shape index (κ3) is 6.13. The normalized spacial score (nSPS) is 15.1. The lowest BCUT2D eigenvalue weighted by atomic mass is 9.92. The Kier molecular flexibility index (Phi) is 8.82. The summed E-state index contributed by atoms with van der Waals surface area (Å²) in [4.78, 5) is 13.2. The zero-order valence-corrected chi connectivity index (χ0v) is 23.0. The molecule has 10 heteroatoms. The molecule has 2 N–H and O–H groups in total. The maximum atomic E-state index is 13.2. The third-order valence-corrected chi connectivity index (χ3v) is 6.69. The molecule has 0 amide bonds. The van der Waals surface area contributed by atoms with Crippen molar-refractivity contribution in [3.05, 3.63) is 98.0 Å². The predicted molar refractivity (Wildman–Crippen MR) is 150 cm³/mol. The van der Waals surface area contributed by atoms with Crippen molar-refractivity contribution in [3.63, 3.8) is 0 Å². The van der Waals surface area contributed by atoms with Crippen molar-refractivity contribution in [3.8, 4) is 11.5 Å². The van der Waals surface area contributed by atoms with Gasteiger partial charge in [0.2, 0.25) is 0 Å². The molecule has 0 aliphatic carbocycles. The number of carbonyl (C=O) groups excluding carboxylic acids is 1. The highest BCUT2D eigenvalue weighted by atomic mass is 35.5. The molecule has 1 atom stereocenters. The number of carbonyl (C=O) groups is 1. The highest BCUT2D eigenvalue weighted by molar-refractivity contribution is 7.80. The lowest BCUT2D eigenvalue weighted by Gasteiger charge is -2.31. The van der Waals surface area contributed by atoms with E-state index in [2.05, 4.69) is 10.6 Å². The van der Waals surface area contributed by atoms with Gasteiger partial charge >= 0.3 is 5.97 Å². The molecule has 1 heterocycles. The summed E-state index contributed by atoms with van der Waals surface area (Å²) in [5.74, 6) is 0.227. The standard InChI is InChI=1S/C27H23Cl3N2O4S/c1-3-35-26(33)22-23(15-7-5-4-6-8-15)31-27(37)32-24(22)17-11-20(30)25(21(12-17)34-2)36-14-16-9-10-18(28)13-19(16)29/h4-13,24H,3,14H2,1-2H3,(H2,31,32,37)/t24-/m0/s1. The van der Waals surface area contributed by atoms with E-state index in [-0.39, 0.29) is 18.2 Å². The molecule has 4 rings (SSSR count). The largest absolute Gasteiger partial charge is 0.493 e. The Morgan fingerprint density at radius 3 is 2.46 bits per heavy atom. The van der Waals surface area contributed by atoms with Gasteiger partial charge in [0.25, 0.3) is 0 Å². The fraction of sp³-hybridized carbons (Fsp3) is 0.185. The Bertz CT molecular complexity index is 1370. The predicted octanol–water partition coefficient (Wildman–Crippen LogP) is 6.73. The van der Waals surface area contributed by atoms with E-state index in [0.717, 1.165) is 11.1 Å². The smallest absolute Gasteiger partial charge is 0.338 e. The Balaban J connectivity index is 1.75. The minimum absolute atomic E-state index is 0.146. The molecule has 0 radical (unpaired) electrons. The Morgan fingerprint density at radius 1 is 1.03 bits per heavy atom. The molecule has 0 saturated heterocycles. The van der Waals surface area contributed by atoms with Gasteiger partial charge in [-0.25, -0.2) is 4.79 Å². The van der Waals surface area contributed by atoms with Crippen LogP contribution in [0.1, 0.15) is 29.7 Å². The molecule has 3 aromatic rings. The average molecular weight is 578 g/mol. The number of esters is 1. The van der Waals surface area contributed by atoms with Crippen LogP contribution in [0.3, 0.4) is 0 Å². The topological polar surface area (TPSA) is 68.8 Å². The lowest BCUT2D eigenvalue weighted by molar-refractivity contribution is -0.138. The van der Waals surface area contributed by atoms with Crippen LogP contribution in [0.4, 0.5) is 0 Å². The lowest BCUT2D eigenvalue weighted by Crippen LogP contribution is -2.45. The monoisotopic (exact) mass is 576 g/mol. The molecule has 0 fully saturated rings. The number of nitrogens with one attached hydrogen (secondary N) is 2. The SMILES string of the molecule is CCOC(=O)C1=C(c2ccccc2)NC(=S)N[C@H]1c1cc(Cl)c(OCc2ccc(Cl)cc2Cl)c(OC)c1. The van der Waals surface area contributed by atoms with Crippen molar-refractivity contribution in [2.24, 2.45) is 0 Å². The van der Waals surface area contributed by atoms with Crippen LogP contribution in [0.15, 0.2) is 66.2 Å². The van der Waals surface area contributed by atoms with Gasteiger partial charge in [-0.2, -0.15) is 0 Å². The highest BCUT2D eigenvalue weighted by Gasteiger charge is 2.34. The van der Waals surface area contributed by atoms with E-state index in [1.165, 1.54) is 7.11 Å². The van der Waals surface area contributed by atoms with Crippen LogP contribution >= 0.6 is 47.0 Å². The number of benzene rings is 3. The summed E-state index contributed by atoms with van der Waals surface area (Å²) in [6, 6.07) is 17.4. The van der Waals surface area contributed by atoms with Crippen LogP contribution < -0.4 is 20.1 Å². The van der Waals surface area contributed by atoms with E-state index < -0.39 is 12.0 Å². The third-order valence-electron chi connectivity index (χ3n) is 5.60. The Labute approximate surface area is 235 Å². The molecule has 0 aromatic heterocycles. The average Bonchev–Trinajstić information content (AvgIpc) is 2.88. The molecular formula is C27H23Cl3N2O4S. The van der Waals surface area contributed by atoms with E-state index in [1.807, 2.05) is 30.3 Å². The van der Waals surface area contributed by atoms with Gasteiger partial charge in [0.05, 0.1) is 36.1 Å². The van der Waals surface area contributed by atoms with Gasteiger partial charge in [-0.05, 0) is 54.5 Å². The summed E-state index contributed by atoms with van der Waals surface area (Å²) in [6.45, 7) is 2.11. The molecule has 0 spiro atoms. The molecule has 1 aliphatic heterocycles. The number of ether oxygens (including phenoxy) is 3. The zero-order valence-electron chi connectivity index (χ0n) is 19.9. The van der Waals surface area contributed by atoms with Gasteiger partial charge in [-0.15, -0.1) is 0 Å². The molecule has 192 valence electrons. The summed E-state index contributed by atoms with van der Waals surface area (Å²) in [5, 5.41) is 7.92. The zero-order chi connectivity index (χ0) is 26.5. The van der Waals surface area contributed by atoms with Crippen molar-refractivity contribution in [1.82, 2.24) is 10.6 Å². The summed E-state index contributed by atoms with van der Waals surface area (Å²) in [6.07, 6.45) is 0. The second-order valence-electron chi connectivity index (χ2n) is 7.97. The molecule has 3 aromatic carbocycles. The number of hydrogen-bond donors (Lipinski definition) is 2. The fourth-order valence-corrected chi connectivity index (χ4v) is 4.87. The molecule has 37 heavy (non-hydrogen) atoms. The first-order valence-electron chi connectivity index (χ1n) is 11.3. The molecule has 0 unspecified atom stereocenters. The summed E-state index contributed by atoms with van der Waals surface area (Å²) in [5.41, 5.74) is 3.08. The highest BCUT2D eigenvalue weighted by Crippen LogP contribution is 2.41. The summed E-state index contributed by atoms with van der Waals surface area (Å²) >= 11 is 24.4. The van der Waals surface area contributed by atoms with Crippen molar-refractivity contribution < 1.29 is 19.0 Å². The van der Waals surface area contributed by atoms with E-state index >= 15 is 0 Å². The Morgan fingerprint density at radius 2 is 1.78 bits per heavy atom. The first kappa shape index (κ1) is 27.1. The number of thiocarbonyl (C=S) groups is 1. The first-order chi connectivity index (χ1) is 17.8. The summed E-state index contributed by atoms with van der Waals surface area (Å²) in [7, 11) is 1.51. The van der Waals surface area contributed by atoms with Gasteiger partial charge in [-0.3, -0.25) is 0 Å². The minimum Gasteiger partial charge on any atom is -0.493 e. The molecular weight excluding hydrogens is 555 g/mol. The van der Waals surface area contributed by atoms with Gasteiger partial charge in [0, 0.05) is 15.6 Å². The number of hydrogen-bond acceptors (Lipinski definition) is 5. The van der Waals surface area contributed by atoms with Gasteiger partial charge in [0.1, 0.15) is 6.61 Å². The van der Waals surface area contributed by atoms with Gasteiger partial charge in [-0.1, -0.05) is 71.2 Å². The molecule has 1 aliphatic rings. The fourth-order valence-electron chi connectivity index (χ4n) is 3.91. The van der Waals surface area contributed by atoms with Gasteiger partial charge < -0.3 is 24.8 Å². The number of methoxy groups -OCH3 is 1. The van der Waals surface area contributed by atoms with Crippen molar-refractivity contribution >= 4 is 63.8 Å². The van der Waals surface area contributed by atoms with Crippen LogP contribution in [0.25, 0.3) is 5.70 Å². The summed E-state index contributed by atoms with van der Waals surface area (Å²) < 4.78 is 17.0. The molecule has 6 nitrogen and oxygen atoms in total. The molecule has 0 saturated carbocycles. The van der Waals surface area contributed by atoms with E-state index in [1.54, 1.807) is 37.3 Å². The van der Waals surface area contributed by atoms with E-state index in [0.29, 0.717) is 43.5 Å². The van der Waals surface area contributed by atoms with Crippen LogP contribution in [0.2, 0.25) is 15.1 Å². The van der Waals surface area contributed by atoms with Crippen LogP contribution in [0.5, 0.6) is 11.5 Å². The van der Waals surface area contributed by atoms with Crippen molar-refractivity contribution in [2.45, 2.75) is 19.6 Å². The van der Waals surface area contributed by atoms with Gasteiger partial charge in [0.15, 0.2) is 16.6 Å². The Hall–Kier alpha value is -2.97. The maximum absolute atomic E-state index is 13.2. The van der Waals surface area contributed by atoms with E-state index in [9.17, 15) is 4.79 Å². The van der Waals surface area contributed by atoms with Crippen molar-refractivity contribution in [1.29, 1.82) is 0 Å². The van der Waals surface area contributed by atoms with E-state index in [4.69, 9.17) is 61.2 Å². The minimum atomic E-state index is -0.658. The molecule has 0 bridgehead atoms. The first-order valence-corrected chi connectivity index (χ1v) is 12.8. The van der Waals surface area contributed by atoms with Crippen LogP contribution in [-0.4, -0.2) is 24.8 Å². The number of rotatable bonds is 8. The second-order valence-corrected chi connectivity index (χ2v) is 9.62. The van der Waals surface area contributed by atoms with Crippen molar-refractivity contribution in [2.75, 3.05) is 13.7 Å². The van der Waals surface area contributed by atoms with Crippen LogP contribution in [0, 0.1) is 0 Å². The quantitative estimate of drug-likeness (QED) is 0.227. The van der Waals surface area contributed by atoms with Crippen LogP contribution in [-0.2, 0) is 16.1 Å².